The van der Waals surface area contributed by atoms with Crippen molar-refractivity contribution in [2.24, 2.45) is 0 Å². The average molecular weight is 128 g/mol. The molecule has 0 radical (unpaired) electrons. The molecule has 0 amide bonds. The Morgan fingerprint density at radius 1 is 1.56 bits per heavy atom. The van der Waals surface area contributed by atoms with E-state index in [1.54, 1.807) is 0 Å². The van der Waals surface area contributed by atoms with E-state index in [4.69, 9.17) is 10.2 Å². The molecule has 0 aromatic rings. The molecule has 3 nitrogen and oxygen atoms in total. The van der Waals surface area contributed by atoms with E-state index in [0.717, 1.165) is 0 Å². The van der Waals surface area contributed by atoms with Crippen LogP contribution in [-0.4, -0.2) is 16.2 Å². The highest BCUT2D eigenvalue weighted by Gasteiger charge is 1.99. The molecule has 0 spiro atoms. The van der Waals surface area contributed by atoms with Gasteiger partial charge in [0.1, 0.15) is 0 Å². The number of hydrogen-bond donors (Lipinski definition) is 2. The minimum atomic E-state index is -1.31. The second-order valence-electron chi connectivity index (χ2n) is 1.42. The zero-order chi connectivity index (χ0) is 7.28. The highest BCUT2D eigenvalue weighted by Crippen LogP contribution is 1.91. The topological polar surface area (TPSA) is 57.5 Å². The third kappa shape index (κ3) is 3.34. The number of carboxylic acid groups (broad SMARTS) is 1. The summed E-state index contributed by atoms with van der Waals surface area (Å²) in [6.07, 6.45) is 3.05. The fourth-order valence-corrected chi connectivity index (χ4v) is 0.282. The van der Waals surface area contributed by atoms with Gasteiger partial charge in [-0.3, -0.25) is 0 Å². The maximum absolute atomic E-state index is 9.85. The molecule has 9 heavy (non-hydrogen) atoms. The standard InChI is InChI=1S/C6H8O3/c1-2-3-4-5(7)6(8)9/h2,4,7H,1,3H2,(H,8,9). The van der Waals surface area contributed by atoms with Crippen molar-refractivity contribution in [3.05, 3.63) is 24.5 Å². The molecule has 0 aromatic heterocycles. The largest absolute Gasteiger partial charge is 0.502 e. The summed E-state index contributed by atoms with van der Waals surface area (Å²) in [6, 6.07) is 0. The summed E-state index contributed by atoms with van der Waals surface area (Å²) in [4.78, 5) is 9.85. The third-order valence-corrected chi connectivity index (χ3v) is 0.697. The first-order chi connectivity index (χ1) is 4.18. The molecule has 0 heterocycles. The van der Waals surface area contributed by atoms with Gasteiger partial charge in [-0.25, -0.2) is 4.79 Å². The molecule has 0 unspecified atom stereocenters. The number of allylic oxidation sites excluding steroid dienone is 2. The van der Waals surface area contributed by atoms with Crippen LogP contribution in [-0.2, 0) is 4.79 Å². The minimum Gasteiger partial charge on any atom is -0.502 e. The van der Waals surface area contributed by atoms with Gasteiger partial charge in [-0.15, -0.1) is 6.58 Å². The number of carbonyl (C=O) groups is 1. The van der Waals surface area contributed by atoms with Crippen LogP contribution >= 0.6 is 0 Å². The number of rotatable bonds is 3. The SMILES string of the molecule is C=CCC=C(O)C(=O)O. The smallest absolute Gasteiger partial charge is 0.370 e. The van der Waals surface area contributed by atoms with Crippen molar-refractivity contribution in [1.82, 2.24) is 0 Å². The molecule has 0 aromatic carbocycles. The lowest BCUT2D eigenvalue weighted by Crippen LogP contribution is -1.97. The van der Waals surface area contributed by atoms with Crippen LogP contribution in [0.5, 0.6) is 0 Å². The van der Waals surface area contributed by atoms with Crippen LogP contribution in [0.25, 0.3) is 0 Å². The summed E-state index contributed by atoms with van der Waals surface area (Å²) >= 11 is 0. The molecule has 0 aliphatic heterocycles. The summed E-state index contributed by atoms with van der Waals surface area (Å²) in [5, 5.41) is 16.5. The van der Waals surface area contributed by atoms with E-state index < -0.39 is 11.7 Å². The molecule has 0 fully saturated rings. The van der Waals surface area contributed by atoms with Crippen LogP contribution in [0, 0.1) is 0 Å². The Hall–Kier alpha value is -1.25. The first-order valence-electron chi connectivity index (χ1n) is 2.41. The Labute approximate surface area is 52.9 Å². The zero-order valence-electron chi connectivity index (χ0n) is 4.87. The molecule has 50 valence electrons. The first-order valence-corrected chi connectivity index (χ1v) is 2.41. The first kappa shape index (κ1) is 7.75. The van der Waals surface area contributed by atoms with E-state index in [1.165, 1.54) is 12.2 Å². The Balaban J connectivity index is 3.83. The van der Waals surface area contributed by atoms with E-state index in [-0.39, 0.29) is 0 Å². The molecule has 0 atom stereocenters. The minimum absolute atomic E-state index is 0.373. The lowest BCUT2D eigenvalue weighted by molar-refractivity contribution is -0.135. The van der Waals surface area contributed by atoms with E-state index in [2.05, 4.69) is 6.58 Å². The van der Waals surface area contributed by atoms with Crippen LogP contribution in [0.15, 0.2) is 24.5 Å². The summed E-state index contributed by atoms with van der Waals surface area (Å²) in [6.45, 7) is 3.34. The molecule has 2 N–H and O–H groups in total. The Bertz CT molecular complexity index is 146. The van der Waals surface area contributed by atoms with Crippen molar-refractivity contribution < 1.29 is 15.0 Å². The number of aliphatic hydroxyl groups excluding tert-OH is 1. The molecule has 0 saturated heterocycles. The number of carboxylic acids is 1. The van der Waals surface area contributed by atoms with Gasteiger partial charge in [0.15, 0.2) is 5.76 Å². The summed E-state index contributed by atoms with van der Waals surface area (Å²) in [5.41, 5.74) is 0. The predicted molar refractivity (Wildman–Crippen MR) is 33.2 cm³/mol. The molecule has 0 saturated carbocycles. The molecular formula is C6H8O3. The van der Waals surface area contributed by atoms with Crippen LogP contribution in [0.1, 0.15) is 6.42 Å². The van der Waals surface area contributed by atoms with Crippen molar-refractivity contribution in [3.8, 4) is 0 Å². The second-order valence-corrected chi connectivity index (χ2v) is 1.42. The van der Waals surface area contributed by atoms with E-state index in [0.29, 0.717) is 6.42 Å². The molecule has 3 heteroatoms. The fraction of sp³-hybridized carbons (Fsp3) is 0.167. The maximum Gasteiger partial charge on any atom is 0.370 e. The summed E-state index contributed by atoms with van der Waals surface area (Å²) in [7, 11) is 0. The van der Waals surface area contributed by atoms with Gasteiger partial charge >= 0.3 is 5.97 Å². The van der Waals surface area contributed by atoms with E-state index in [9.17, 15) is 4.79 Å². The lowest BCUT2D eigenvalue weighted by Gasteiger charge is -1.87. The molecule has 0 bridgehead atoms. The van der Waals surface area contributed by atoms with Crippen LogP contribution in [0.4, 0.5) is 0 Å². The summed E-state index contributed by atoms with van der Waals surface area (Å²) in [5.74, 6) is -1.94. The molecular weight excluding hydrogens is 120 g/mol. The van der Waals surface area contributed by atoms with Crippen molar-refractivity contribution in [3.63, 3.8) is 0 Å². The highest BCUT2D eigenvalue weighted by molar-refractivity contribution is 5.83. The van der Waals surface area contributed by atoms with Gasteiger partial charge in [-0.2, -0.15) is 0 Å². The Kier molecular flexibility index (Phi) is 3.20. The van der Waals surface area contributed by atoms with Gasteiger partial charge in [0, 0.05) is 0 Å². The number of hydrogen-bond acceptors (Lipinski definition) is 2. The highest BCUT2D eigenvalue weighted by atomic mass is 16.4. The summed E-state index contributed by atoms with van der Waals surface area (Å²) < 4.78 is 0. The fourth-order valence-electron chi connectivity index (χ4n) is 0.282. The number of aliphatic hydroxyl groups is 1. The van der Waals surface area contributed by atoms with E-state index in [1.807, 2.05) is 0 Å². The lowest BCUT2D eigenvalue weighted by atomic mass is 10.3. The number of aliphatic carboxylic acids is 1. The average Bonchev–Trinajstić information content (AvgIpc) is 1.82. The monoisotopic (exact) mass is 128 g/mol. The second kappa shape index (κ2) is 3.72. The predicted octanol–water partition coefficient (Wildman–Crippen LogP) is 1.09. The van der Waals surface area contributed by atoms with E-state index >= 15 is 0 Å². The third-order valence-electron chi connectivity index (χ3n) is 0.697. The van der Waals surface area contributed by atoms with Gasteiger partial charge in [0.25, 0.3) is 0 Å². The van der Waals surface area contributed by atoms with Gasteiger partial charge in [-0.1, -0.05) is 6.08 Å². The van der Waals surface area contributed by atoms with Crippen molar-refractivity contribution in [2.75, 3.05) is 0 Å². The van der Waals surface area contributed by atoms with Crippen LogP contribution in [0.3, 0.4) is 0 Å². The van der Waals surface area contributed by atoms with Crippen molar-refractivity contribution >= 4 is 5.97 Å². The van der Waals surface area contributed by atoms with Crippen molar-refractivity contribution in [2.45, 2.75) is 6.42 Å². The zero-order valence-corrected chi connectivity index (χ0v) is 4.87. The molecule has 0 aliphatic rings. The van der Waals surface area contributed by atoms with Gasteiger partial charge in [-0.05, 0) is 12.5 Å². The van der Waals surface area contributed by atoms with Gasteiger partial charge in [0.05, 0.1) is 0 Å². The van der Waals surface area contributed by atoms with Gasteiger partial charge in [0.2, 0.25) is 0 Å². The molecule has 0 rings (SSSR count). The Morgan fingerprint density at radius 3 is 2.44 bits per heavy atom. The van der Waals surface area contributed by atoms with Crippen LogP contribution < -0.4 is 0 Å². The quantitative estimate of drug-likeness (QED) is 0.340. The van der Waals surface area contributed by atoms with Gasteiger partial charge < -0.3 is 10.2 Å². The van der Waals surface area contributed by atoms with Crippen molar-refractivity contribution in [1.29, 1.82) is 0 Å². The maximum atomic E-state index is 9.85. The normalized spacial score (nSPS) is 10.9. The Morgan fingerprint density at radius 2 is 2.11 bits per heavy atom. The van der Waals surface area contributed by atoms with Crippen LogP contribution in [0.2, 0.25) is 0 Å². The molecule has 0 aliphatic carbocycles.